The number of ether oxygens (including phenoxy) is 3. The maximum Gasteiger partial charge on any atom is 0.203 e. The van der Waals surface area contributed by atoms with Crippen LogP contribution < -0.4 is 14.2 Å². The van der Waals surface area contributed by atoms with Crippen molar-refractivity contribution >= 4 is 33.4 Å². The average molecular weight is 342 g/mol. The molecule has 124 valence electrons. The van der Waals surface area contributed by atoms with E-state index >= 15 is 0 Å². The van der Waals surface area contributed by atoms with E-state index in [0.29, 0.717) is 22.8 Å². The highest BCUT2D eigenvalue weighted by Crippen LogP contribution is 2.49. The molecule has 0 fully saturated rings. The Balaban J connectivity index is 2.69. The summed E-state index contributed by atoms with van der Waals surface area (Å²) in [7, 11) is 6.73. The molecule has 0 saturated heterocycles. The van der Waals surface area contributed by atoms with Gasteiger partial charge in [0.1, 0.15) is 6.07 Å². The second kappa shape index (κ2) is 6.17. The van der Waals surface area contributed by atoms with E-state index in [4.69, 9.17) is 14.2 Å². The first-order valence-electron chi connectivity index (χ1n) is 7.30. The zero-order valence-electron chi connectivity index (χ0n) is 14.3. The summed E-state index contributed by atoms with van der Waals surface area (Å²) in [6, 6.07) is 6.24. The van der Waals surface area contributed by atoms with E-state index in [1.807, 2.05) is 36.2 Å². The highest BCUT2D eigenvalue weighted by molar-refractivity contribution is 7.98. The monoisotopic (exact) mass is 342 g/mol. The van der Waals surface area contributed by atoms with Gasteiger partial charge < -0.3 is 18.8 Å². The van der Waals surface area contributed by atoms with Gasteiger partial charge >= 0.3 is 0 Å². The summed E-state index contributed by atoms with van der Waals surface area (Å²) in [5.74, 6) is 1.64. The van der Waals surface area contributed by atoms with Gasteiger partial charge in [-0.25, -0.2) is 0 Å². The summed E-state index contributed by atoms with van der Waals surface area (Å²) in [6.45, 7) is 0. The third-order valence-corrected chi connectivity index (χ3v) is 5.01. The molecule has 1 aromatic heterocycles. The van der Waals surface area contributed by atoms with Gasteiger partial charge in [0, 0.05) is 34.3 Å². The van der Waals surface area contributed by atoms with Crippen LogP contribution in [0.5, 0.6) is 17.2 Å². The molecule has 6 heteroatoms. The first-order chi connectivity index (χ1) is 11.6. The fourth-order valence-corrected chi connectivity index (χ4v) is 3.99. The third kappa shape index (κ3) is 2.09. The summed E-state index contributed by atoms with van der Waals surface area (Å²) in [6.07, 6.45) is 3.97. The molecule has 0 spiro atoms. The van der Waals surface area contributed by atoms with E-state index < -0.39 is 0 Å². The number of aromatic nitrogens is 1. The molecule has 2 aromatic carbocycles. The highest BCUT2D eigenvalue weighted by Gasteiger charge is 2.24. The maximum atomic E-state index is 9.80. The summed E-state index contributed by atoms with van der Waals surface area (Å²) >= 11 is 1.56. The lowest BCUT2D eigenvalue weighted by Crippen LogP contribution is -1.99. The van der Waals surface area contributed by atoms with Gasteiger partial charge in [0.25, 0.3) is 0 Å². The second-order valence-electron chi connectivity index (χ2n) is 5.28. The van der Waals surface area contributed by atoms with Crippen LogP contribution >= 0.6 is 11.8 Å². The molecular weight excluding hydrogens is 324 g/mol. The van der Waals surface area contributed by atoms with Crippen molar-refractivity contribution in [1.82, 2.24) is 4.57 Å². The minimum absolute atomic E-state index is 0.526. The largest absolute Gasteiger partial charge is 0.493 e. The van der Waals surface area contributed by atoms with Gasteiger partial charge in [0.15, 0.2) is 11.5 Å². The normalized spacial score (nSPS) is 10.8. The molecule has 0 unspecified atom stereocenters. The van der Waals surface area contributed by atoms with Crippen LogP contribution in [0.2, 0.25) is 0 Å². The van der Waals surface area contributed by atoms with Crippen molar-refractivity contribution in [3.63, 3.8) is 0 Å². The number of rotatable bonds is 4. The Kier molecular flexibility index (Phi) is 4.20. The molecule has 3 aromatic rings. The molecule has 0 saturated carbocycles. The molecule has 0 radical (unpaired) electrons. The van der Waals surface area contributed by atoms with E-state index in [0.717, 1.165) is 26.6 Å². The van der Waals surface area contributed by atoms with Gasteiger partial charge in [-0.3, -0.25) is 0 Å². The zero-order valence-corrected chi connectivity index (χ0v) is 15.1. The molecule has 0 aliphatic heterocycles. The lowest BCUT2D eigenvalue weighted by molar-refractivity contribution is 0.327. The maximum absolute atomic E-state index is 9.80. The average Bonchev–Trinajstić information content (AvgIpc) is 2.99. The Hall–Kier alpha value is -2.52. The summed E-state index contributed by atoms with van der Waals surface area (Å²) < 4.78 is 18.6. The third-order valence-electron chi connectivity index (χ3n) is 4.20. The predicted octanol–water partition coefficient (Wildman–Crippen LogP) is 3.95. The van der Waals surface area contributed by atoms with Crippen LogP contribution in [0.25, 0.3) is 21.7 Å². The van der Waals surface area contributed by atoms with Gasteiger partial charge in [-0.15, -0.1) is 11.8 Å². The van der Waals surface area contributed by atoms with Crippen molar-refractivity contribution in [2.75, 3.05) is 27.6 Å². The van der Waals surface area contributed by atoms with Crippen LogP contribution in [0.1, 0.15) is 5.56 Å². The predicted molar refractivity (Wildman–Crippen MR) is 96.6 cm³/mol. The van der Waals surface area contributed by atoms with Crippen molar-refractivity contribution in [3.8, 4) is 23.3 Å². The van der Waals surface area contributed by atoms with Crippen LogP contribution in [0.3, 0.4) is 0 Å². The van der Waals surface area contributed by atoms with E-state index in [9.17, 15) is 5.26 Å². The van der Waals surface area contributed by atoms with Crippen molar-refractivity contribution in [2.45, 2.75) is 4.90 Å². The number of aryl methyl sites for hydroxylation is 1. The van der Waals surface area contributed by atoms with Crippen LogP contribution in [-0.4, -0.2) is 32.2 Å². The Morgan fingerprint density at radius 3 is 2.33 bits per heavy atom. The van der Waals surface area contributed by atoms with Crippen molar-refractivity contribution < 1.29 is 14.2 Å². The topological polar surface area (TPSA) is 56.4 Å². The molecule has 0 aliphatic rings. The number of hydrogen-bond donors (Lipinski definition) is 0. The highest BCUT2D eigenvalue weighted by atomic mass is 32.2. The number of hydrogen-bond acceptors (Lipinski definition) is 5. The quantitative estimate of drug-likeness (QED) is 0.672. The van der Waals surface area contributed by atoms with Gasteiger partial charge in [-0.2, -0.15) is 5.26 Å². The lowest BCUT2D eigenvalue weighted by atomic mass is 9.99. The number of fused-ring (bicyclic) bond motifs is 3. The van der Waals surface area contributed by atoms with E-state index in [-0.39, 0.29) is 0 Å². The molecule has 24 heavy (non-hydrogen) atoms. The molecule has 0 N–H and O–H groups in total. The first kappa shape index (κ1) is 16.3. The van der Waals surface area contributed by atoms with E-state index in [1.165, 1.54) is 0 Å². The Bertz CT molecular complexity index is 986. The van der Waals surface area contributed by atoms with Crippen LogP contribution in [0, 0.1) is 11.3 Å². The standard InChI is InChI=1S/C18H18N2O3S/c1-20-7-6-10-14-11(12(9-19)18(24-5)15(10)20)8-13(21-2)16(22-3)17(14)23-4/h6-8H,1-5H3. The minimum Gasteiger partial charge on any atom is -0.493 e. The van der Waals surface area contributed by atoms with E-state index in [2.05, 4.69) is 6.07 Å². The summed E-state index contributed by atoms with van der Waals surface area (Å²) in [5, 5.41) is 12.5. The fraction of sp³-hybridized carbons (Fsp3) is 0.278. The fourth-order valence-electron chi connectivity index (χ4n) is 3.19. The van der Waals surface area contributed by atoms with Gasteiger partial charge in [0.2, 0.25) is 5.75 Å². The minimum atomic E-state index is 0.526. The Morgan fingerprint density at radius 1 is 1.08 bits per heavy atom. The number of nitrogens with zero attached hydrogens (tertiary/aromatic N) is 2. The molecule has 0 bridgehead atoms. The van der Waals surface area contributed by atoms with Gasteiger partial charge in [-0.05, 0) is 18.4 Å². The molecule has 5 nitrogen and oxygen atoms in total. The Morgan fingerprint density at radius 2 is 1.79 bits per heavy atom. The number of benzene rings is 2. The number of nitriles is 1. The molecule has 0 aliphatic carbocycles. The zero-order chi connectivity index (χ0) is 17.4. The van der Waals surface area contributed by atoms with Crippen LogP contribution in [-0.2, 0) is 7.05 Å². The number of methoxy groups -OCH3 is 3. The van der Waals surface area contributed by atoms with Crippen LogP contribution in [0.4, 0.5) is 0 Å². The van der Waals surface area contributed by atoms with E-state index in [1.54, 1.807) is 33.1 Å². The SMILES string of the molecule is COc1cc2c(C#N)c(SC)c3c(ccn3C)c2c(OC)c1OC. The summed E-state index contributed by atoms with van der Waals surface area (Å²) in [4.78, 5) is 0.946. The van der Waals surface area contributed by atoms with Crippen molar-refractivity contribution in [1.29, 1.82) is 5.26 Å². The molecule has 1 heterocycles. The second-order valence-corrected chi connectivity index (χ2v) is 6.09. The van der Waals surface area contributed by atoms with Gasteiger partial charge in [-0.1, -0.05) is 0 Å². The van der Waals surface area contributed by atoms with Crippen molar-refractivity contribution in [3.05, 3.63) is 23.9 Å². The smallest absolute Gasteiger partial charge is 0.203 e. The molecule has 3 rings (SSSR count). The lowest BCUT2D eigenvalue weighted by Gasteiger charge is -2.18. The number of thioether (sulfide) groups is 1. The van der Waals surface area contributed by atoms with Gasteiger partial charge in [0.05, 0.1) is 32.4 Å². The molecule has 0 amide bonds. The first-order valence-corrected chi connectivity index (χ1v) is 8.53. The molecular formula is C18H18N2O3S. The van der Waals surface area contributed by atoms with Crippen molar-refractivity contribution in [2.24, 2.45) is 7.05 Å². The Labute approximate surface area is 144 Å². The van der Waals surface area contributed by atoms with Crippen LogP contribution in [0.15, 0.2) is 23.2 Å². The molecule has 0 atom stereocenters. The summed E-state index contributed by atoms with van der Waals surface area (Å²) in [5.41, 5.74) is 1.63.